The van der Waals surface area contributed by atoms with Gasteiger partial charge in [-0.3, -0.25) is 15.0 Å². The fourth-order valence-corrected chi connectivity index (χ4v) is 2.89. The van der Waals surface area contributed by atoms with Crippen molar-refractivity contribution < 1.29 is 29.1 Å². The molecular formula is C24H21N3O7. The molecule has 34 heavy (non-hydrogen) atoms. The number of nitro benzene ring substituents is 1. The summed E-state index contributed by atoms with van der Waals surface area (Å²) in [6, 6.07) is 17.3. The number of pyridine rings is 1. The summed E-state index contributed by atoms with van der Waals surface area (Å²) in [6.45, 7) is 1.95. The minimum absolute atomic E-state index is 0.110. The zero-order valence-electron chi connectivity index (χ0n) is 18.4. The van der Waals surface area contributed by atoms with E-state index in [1.807, 2.05) is 0 Å². The van der Waals surface area contributed by atoms with Gasteiger partial charge in [0.2, 0.25) is 5.76 Å². The summed E-state index contributed by atoms with van der Waals surface area (Å²) < 4.78 is 10.4. The second kappa shape index (κ2) is 10.7. The van der Waals surface area contributed by atoms with Gasteiger partial charge < -0.3 is 14.6 Å². The van der Waals surface area contributed by atoms with Crippen LogP contribution in [0.2, 0.25) is 0 Å². The predicted molar refractivity (Wildman–Crippen MR) is 124 cm³/mol. The van der Waals surface area contributed by atoms with Crippen molar-refractivity contribution in [3.63, 3.8) is 0 Å². The Hall–Kier alpha value is -4.73. The van der Waals surface area contributed by atoms with E-state index in [0.29, 0.717) is 17.1 Å². The molecule has 3 aromatic rings. The van der Waals surface area contributed by atoms with E-state index in [0.717, 1.165) is 5.56 Å². The van der Waals surface area contributed by atoms with Crippen molar-refractivity contribution >= 4 is 29.6 Å². The number of nitrogens with zero attached hydrogens (tertiary/aromatic N) is 3. The van der Waals surface area contributed by atoms with E-state index in [1.165, 1.54) is 42.3 Å². The summed E-state index contributed by atoms with van der Waals surface area (Å²) in [4.78, 5) is 39.6. The minimum Gasteiger partial charge on any atom is -0.487 e. The van der Waals surface area contributed by atoms with E-state index in [2.05, 4.69) is 4.98 Å². The summed E-state index contributed by atoms with van der Waals surface area (Å²) in [5.74, 6) is -0.805. The molecule has 0 bridgehead atoms. The highest BCUT2D eigenvalue weighted by atomic mass is 16.6. The fraction of sp³-hybridized carbons (Fsp3) is 0.125. The summed E-state index contributed by atoms with van der Waals surface area (Å²) in [7, 11) is 1.49. The number of hydrogen-bond donors (Lipinski definition) is 1. The molecule has 0 saturated heterocycles. The van der Waals surface area contributed by atoms with E-state index in [4.69, 9.17) is 9.47 Å². The SMILES string of the molecule is CCOC(=Cc1ccc(-c2cccc(N(C)C(=O)Oc3ccc([N+](=O)[O-])cc3)n2)cc1)C(=O)O. The first-order chi connectivity index (χ1) is 16.3. The Morgan fingerprint density at radius 2 is 1.76 bits per heavy atom. The lowest BCUT2D eigenvalue weighted by Gasteiger charge is -2.16. The topological polar surface area (TPSA) is 132 Å². The van der Waals surface area contributed by atoms with Crippen LogP contribution in [0.15, 0.2) is 72.5 Å². The third-order valence-corrected chi connectivity index (χ3v) is 4.62. The number of carboxylic acids is 1. The number of rotatable bonds is 8. The molecule has 10 nitrogen and oxygen atoms in total. The molecule has 0 spiro atoms. The van der Waals surface area contributed by atoms with Gasteiger partial charge in [0.15, 0.2) is 0 Å². The summed E-state index contributed by atoms with van der Waals surface area (Å²) in [6.07, 6.45) is 0.720. The number of ether oxygens (including phenoxy) is 2. The van der Waals surface area contributed by atoms with Crippen LogP contribution in [0.3, 0.4) is 0 Å². The van der Waals surface area contributed by atoms with Gasteiger partial charge in [0.25, 0.3) is 5.69 Å². The van der Waals surface area contributed by atoms with Crippen molar-refractivity contribution in [1.29, 1.82) is 0 Å². The lowest BCUT2D eigenvalue weighted by molar-refractivity contribution is -0.384. The Kier molecular flexibility index (Phi) is 7.55. The molecule has 1 heterocycles. The highest BCUT2D eigenvalue weighted by Crippen LogP contribution is 2.23. The number of amides is 1. The minimum atomic E-state index is -1.15. The molecule has 10 heteroatoms. The van der Waals surface area contributed by atoms with E-state index < -0.39 is 17.0 Å². The molecule has 1 N–H and O–H groups in total. The van der Waals surface area contributed by atoms with Crippen LogP contribution in [0.4, 0.5) is 16.3 Å². The lowest BCUT2D eigenvalue weighted by atomic mass is 10.1. The summed E-state index contributed by atoms with van der Waals surface area (Å²) >= 11 is 0. The first-order valence-corrected chi connectivity index (χ1v) is 10.1. The zero-order chi connectivity index (χ0) is 24.7. The normalized spacial score (nSPS) is 10.9. The van der Waals surface area contributed by atoms with E-state index in [-0.39, 0.29) is 23.8 Å². The van der Waals surface area contributed by atoms with Crippen LogP contribution in [0.5, 0.6) is 5.75 Å². The van der Waals surface area contributed by atoms with Crippen LogP contribution in [0.25, 0.3) is 17.3 Å². The van der Waals surface area contributed by atoms with E-state index in [9.17, 15) is 24.8 Å². The van der Waals surface area contributed by atoms with Gasteiger partial charge >= 0.3 is 12.1 Å². The highest BCUT2D eigenvalue weighted by molar-refractivity contribution is 5.90. The van der Waals surface area contributed by atoms with Gasteiger partial charge in [-0.15, -0.1) is 0 Å². The van der Waals surface area contributed by atoms with Crippen LogP contribution in [-0.4, -0.2) is 40.7 Å². The van der Waals surface area contributed by atoms with Gasteiger partial charge in [0, 0.05) is 24.7 Å². The van der Waals surface area contributed by atoms with Crippen molar-refractivity contribution in [1.82, 2.24) is 4.98 Å². The molecule has 0 saturated carbocycles. The number of carbonyl (C=O) groups excluding carboxylic acids is 1. The first kappa shape index (κ1) is 23.9. The second-order valence-electron chi connectivity index (χ2n) is 6.93. The Bertz CT molecular complexity index is 1220. The van der Waals surface area contributed by atoms with E-state index >= 15 is 0 Å². The maximum atomic E-state index is 12.5. The van der Waals surface area contributed by atoms with Gasteiger partial charge in [0.05, 0.1) is 17.2 Å². The van der Waals surface area contributed by atoms with Gasteiger partial charge in [-0.2, -0.15) is 0 Å². The molecular weight excluding hydrogens is 442 g/mol. The van der Waals surface area contributed by atoms with Crippen molar-refractivity contribution in [2.45, 2.75) is 6.92 Å². The molecule has 0 aliphatic carbocycles. The van der Waals surface area contributed by atoms with Crippen LogP contribution < -0.4 is 9.64 Å². The lowest BCUT2D eigenvalue weighted by Crippen LogP contribution is -2.30. The maximum Gasteiger partial charge on any atom is 0.420 e. The average molecular weight is 463 g/mol. The fourth-order valence-electron chi connectivity index (χ4n) is 2.89. The molecule has 0 radical (unpaired) electrons. The molecule has 0 aliphatic heterocycles. The first-order valence-electron chi connectivity index (χ1n) is 10.1. The number of benzene rings is 2. The van der Waals surface area contributed by atoms with Crippen LogP contribution >= 0.6 is 0 Å². The summed E-state index contributed by atoms with van der Waals surface area (Å²) in [5, 5.41) is 19.9. The largest absolute Gasteiger partial charge is 0.487 e. The number of aliphatic carboxylic acids is 1. The number of carbonyl (C=O) groups is 2. The van der Waals surface area contributed by atoms with Crippen LogP contribution in [0, 0.1) is 10.1 Å². The van der Waals surface area contributed by atoms with Gasteiger partial charge in [0.1, 0.15) is 11.6 Å². The van der Waals surface area contributed by atoms with Crippen molar-refractivity contribution in [2.24, 2.45) is 0 Å². The second-order valence-corrected chi connectivity index (χ2v) is 6.93. The van der Waals surface area contributed by atoms with Crippen molar-refractivity contribution in [3.05, 3.63) is 88.2 Å². The molecule has 3 rings (SSSR count). The maximum absolute atomic E-state index is 12.5. The Morgan fingerprint density at radius 1 is 1.09 bits per heavy atom. The van der Waals surface area contributed by atoms with E-state index in [1.54, 1.807) is 49.4 Å². The number of hydrogen-bond acceptors (Lipinski definition) is 7. The van der Waals surface area contributed by atoms with Gasteiger partial charge in [-0.1, -0.05) is 30.3 Å². The number of non-ortho nitro benzene ring substituents is 1. The summed E-state index contributed by atoms with van der Waals surface area (Å²) in [5.41, 5.74) is 1.88. The Balaban J connectivity index is 1.74. The smallest absolute Gasteiger partial charge is 0.420 e. The third kappa shape index (κ3) is 5.94. The molecule has 0 atom stereocenters. The van der Waals surface area contributed by atoms with Crippen LogP contribution in [0.1, 0.15) is 12.5 Å². The molecule has 174 valence electrons. The van der Waals surface area contributed by atoms with Crippen LogP contribution in [-0.2, 0) is 9.53 Å². The molecule has 1 amide bonds. The monoisotopic (exact) mass is 463 g/mol. The Labute approximate surface area is 194 Å². The van der Waals surface area contributed by atoms with Gasteiger partial charge in [-0.05, 0) is 42.8 Å². The van der Waals surface area contributed by atoms with Crippen molar-refractivity contribution in [2.75, 3.05) is 18.6 Å². The predicted octanol–water partition coefficient (Wildman–Crippen LogP) is 4.75. The zero-order valence-corrected chi connectivity index (χ0v) is 18.4. The number of nitro groups is 1. The number of aromatic nitrogens is 1. The third-order valence-electron chi connectivity index (χ3n) is 4.62. The molecule has 0 fully saturated rings. The molecule has 1 aromatic heterocycles. The standard InChI is InChI=1S/C24H21N3O7/c1-3-33-21(23(28)29)15-16-7-9-17(10-8-16)20-5-4-6-22(25-20)26(2)24(30)34-19-13-11-18(12-14-19)27(31)32/h4-15H,3H2,1-2H3,(H,28,29). The van der Waals surface area contributed by atoms with Gasteiger partial charge in [-0.25, -0.2) is 14.6 Å². The quantitative estimate of drug-likeness (QED) is 0.219. The number of carboxylic acid groups (broad SMARTS) is 1. The molecule has 0 unspecified atom stereocenters. The molecule has 2 aromatic carbocycles. The number of anilines is 1. The Morgan fingerprint density at radius 3 is 2.35 bits per heavy atom. The van der Waals surface area contributed by atoms with Crippen molar-refractivity contribution in [3.8, 4) is 17.0 Å². The highest BCUT2D eigenvalue weighted by Gasteiger charge is 2.16. The molecule has 0 aliphatic rings. The average Bonchev–Trinajstić information content (AvgIpc) is 2.84.